The van der Waals surface area contributed by atoms with Gasteiger partial charge in [-0.1, -0.05) is 250 Å². The van der Waals surface area contributed by atoms with Crippen molar-refractivity contribution >= 4 is 11.9 Å². The second-order valence-electron chi connectivity index (χ2n) is 18.9. The van der Waals surface area contributed by atoms with E-state index in [0.29, 0.717) is 19.4 Å². The molecule has 0 aromatic rings. The SMILES string of the molecule is CCCCC/C=C\CCCCCCCC(=O)OCCCCCCCCCCCCCCC(=O)NC(CO)C(O)/C=C/CCCCCCCCCCCCCCCCCCCCC. The maximum absolute atomic E-state index is 12.5. The zero-order chi connectivity index (χ0) is 45.1. The van der Waals surface area contributed by atoms with Gasteiger partial charge in [0.1, 0.15) is 0 Å². The number of carbonyl (C=O) groups excluding carboxylic acids is 2. The molecule has 6 nitrogen and oxygen atoms in total. The Kier molecular flexibility index (Phi) is 50.6. The molecular weight excluding hydrogens is 767 g/mol. The molecule has 0 aromatic heterocycles. The Balaban J connectivity index is 3.50. The third-order valence-corrected chi connectivity index (χ3v) is 12.7. The van der Waals surface area contributed by atoms with E-state index in [-0.39, 0.29) is 18.5 Å². The van der Waals surface area contributed by atoms with Crippen LogP contribution in [-0.2, 0) is 14.3 Å². The van der Waals surface area contributed by atoms with Crippen LogP contribution < -0.4 is 5.32 Å². The highest BCUT2D eigenvalue weighted by Crippen LogP contribution is 2.17. The third-order valence-electron chi connectivity index (χ3n) is 12.7. The van der Waals surface area contributed by atoms with Crippen LogP contribution >= 0.6 is 0 Å². The third kappa shape index (κ3) is 47.8. The molecule has 3 N–H and O–H groups in total. The van der Waals surface area contributed by atoms with Crippen molar-refractivity contribution in [3.8, 4) is 0 Å². The summed E-state index contributed by atoms with van der Waals surface area (Å²) in [6, 6.07) is -0.640. The Hall–Kier alpha value is -1.66. The van der Waals surface area contributed by atoms with Crippen LogP contribution in [0.25, 0.3) is 0 Å². The van der Waals surface area contributed by atoms with E-state index in [1.54, 1.807) is 6.08 Å². The minimum atomic E-state index is -0.855. The molecule has 0 saturated heterocycles. The molecule has 0 spiro atoms. The normalized spacial score (nSPS) is 12.8. The summed E-state index contributed by atoms with van der Waals surface area (Å²) in [7, 11) is 0. The average Bonchev–Trinajstić information content (AvgIpc) is 3.27. The fourth-order valence-corrected chi connectivity index (χ4v) is 8.45. The predicted octanol–water partition coefficient (Wildman–Crippen LogP) is 16.7. The van der Waals surface area contributed by atoms with Gasteiger partial charge in [-0.3, -0.25) is 9.59 Å². The van der Waals surface area contributed by atoms with E-state index in [1.807, 2.05) is 6.08 Å². The summed E-state index contributed by atoms with van der Waals surface area (Å²) in [4.78, 5) is 24.5. The van der Waals surface area contributed by atoms with Crippen molar-refractivity contribution in [2.24, 2.45) is 0 Å². The Labute approximate surface area is 386 Å². The van der Waals surface area contributed by atoms with E-state index in [0.717, 1.165) is 57.8 Å². The highest BCUT2D eigenvalue weighted by atomic mass is 16.5. The number of esters is 1. The number of carbonyl (C=O) groups is 2. The number of rotatable bonds is 51. The van der Waals surface area contributed by atoms with Gasteiger partial charge in [0.2, 0.25) is 5.91 Å². The fourth-order valence-electron chi connectivity index (χ4n) is 8.45. The lowest BCUT2D eigenvalue weighted by Gasteiger charge is -2.20. The van der Waals surface area contributed by atoms with Gasteiger partial charge in [0.25, 0.3) is 0 Å². The van der Waals surface area contributed by atoms with Gasteiger partial charge in [0.15, 0.2) is 0 Å². The van der Waals surface area contributed by atoms with E-state index in [2.05, 4.69) is 31.3 Å². The lowest BCUT2D eigenvalue weighted by Crippen LogP contribution is -2.45. The zero-order valence-electron chi connectivity index (χ0n) is 41.6. The number of hydrogen-bond acceptors (Lipinski definition) is 5. The van der Waals surface area contributed by atoms with Gasteiger partial charge in [-0.15, -0.1) is 0 Å². The number of hydrogen-bond donors (Lipinski definition) is 3. The molecule has 2 unspecified atom stereocenters. The smallest absolute Gasteiger partial charge is 0.305 e. The Morgan fingerprint density at radius 1 is 0.435 bits per heavy atom. The van der Waals surface area contributed by atoms with Crippen molar-refractivity contribution in [2.45, 2.75) is 309 Å². The van der Waals surface area contributed by atoms with Gasteiger partial charge < -0.3 is 20.3 Å². The van der Waals surface area contributed by atoms with Crippen molar-refractivity contribution in [3.63, 3.8) is 0 Å². The van der Waals surface area contributed by atoms with Crippen LogP contribution in [0.15, 0.2) is 24.3 Å². The molecule has 2 atom stereocenters. The molecule has 0 saturated carbocycles. The molecule has 0 rings (SSSR count). The molecule has 6 heteroatoms. The summed E-state index contributed by atoms with van der Waals surface area (Å²) in [5.41, 5.74) is 0. The van der Waals surface area contributed by atoms with Crippen LogP contribution in [0.4, 0.5) is 0 Å². The summed E-state index contributed by atoms with van der Waals surface area (Å²) >= 11 is 0. The van der Waals surface area contributed by atoms with Gasteiger partial charge >= 0.3 is 5.97 Å². The Bertz CT molecular complexity index is 966. The monoisotopic (exact) mass is 874 g/mol. The van der Waals surface area contributed by atoms with E-state index < -0.39 is 12.1 Å². The number of allylic oxidation sites excluding steroid dienone is 3. The molecule has 0 heterocycles. The average molecular weight is 874 g/mol. The predicted molar refractivity (Wildman–Crippen MR) is 269 cm³/mol. The first-order valence-electron chi connectivity index (χ1n) is 27.6. The van der Waals surface area contributed by atoms with Gasteiger partial charge in [-0.05, 0) is 57.8 Å². The molecule has 0 bridgehead atoms. The number of amides is 1. The molecule has 0 aromatic carbocycles. The quantitative estimate of drug-likeness (QED) is 0.0321. The number of ether oxygens (including phenoxy) is 1. The number of unbranched alkanes of at least 4 members (excludes halogenated alkanes) is 38. The summed E-state index contributed by atoms with van der Waals surface area (Å²) in [5, 5.41) is 23.1. The minimum absolute atomic E-state index is 0.0206. The number of aliphatic hydroxyl groups excluding tert-OH is 2. The van der Waals surface area contributed by atoms with Crippen molar-refractivity contribution in [2.75, 3.05) is 13.2 Å². The van der Waals surface area contributed by atoms with Crippen LogP contribution in [0.5, 0.6) is 0 Å². The van der Waals surface area contributed by atoms with Crippen molar-refractivity contribution < 1.29 is 24.5 Å². The molecule has 0 aliphatic heterocycles. The molecule has 62 heavy (non-hydrogen) atoms. The van der Waals surface area contributed by atoms with Crippen molar-refractivity contribution in [1.29, 1.82) is 0 Å². The Morgan fingerprint density at radius 2 is 0.758 bits per heavy atom. The van der Waals surface area contributed by atoms with Gasteiger partial charge in [0, 0.05) is 12.8 Å². The topological polar surface area (TPSA) is 95.9 Å². The first-order valence-corrected chi connectivity index (χ1v) is 27.6. The lowest BCUT2D eigenvalue weighted by molar-refractivity contribution is -0.143. The molecule has 366 valence electrons. The van der Waals surface area contributed by atoms with E-state index >= 15 is 0 Å². The maximum Gasteiger partial charge on any atom is 0.305 e. The maximum atomic E-state index is 12.5. The van der Waals surface area contributed by atoms with Crippen molar-refractivity contribution in [1.82, 2.24) is 5.32 Å². The standard InChI is InChI=1S/C56H107NO5/c1-3-5-7-9-11-13-15-17-18-19-20-21-22-23-24-25-28-32-36-40-44-48-54(59)53(52-58)57-55(60)49-45-41-37-33-29-26-27-31-35-39-43-47-51-62-56(61)50-46-42-38-34-30-16-14-12-10-8-6-4-2/h12,14,44,48,53-54,58-59H,3-11,13,15-43,45-47,49-52H2,1-2H3,(H,57,60)/b14-12-,48-44+. The van der Waals surface area contributed by atoms with Gasteiger partial charge in [-0.2, -0.15) is 0 Å². The van der Waals surface area contributed by atoms with Gasteiger partial charge in [0.05, 0.1) is 25.4 Å². The van der Waals surface area contributed by atoms with E-state index in [9.17, 15) is 19.8 Å². The molecular formula is C56H107NO5. The van der Waals surface area contributed by atoms with Crippen molar-refractivity contribution in [3.05, 3.63) is 24.3 Å². The molecule has 0 aliphatic rings. The first-order chi connectivity index (χ1) is 30.5. The van der Waals surface area contributed by atoms with Crippen LogP contribution in [0.2, 0.25) is 0 Å². The highest BCUT2D eigenvalue weighted by Gasteiger charge is 2.18. The number of aliphatic hydroxyl groups is 2. The second kappa shape index (κ2) is 52.0. The summed E-state index contributed by atoms with van der Waals surface area (Å²) < 4.78 is 5.44. The second-order valence-corrected chi connectivity index (χ2v) is 18.9. The summed E-state index contributed by atoms with van der Waals surface area (Å²) in [6.07, 6.45) is 61.8. The fraction of sp³-hybridized carbons (Fsp3) is 0.893. The molecule has 0 fully saturated rings. The van der Waals surface area contributed by atoms with Crippen LogP contribution in [0.3, 0.4) is 0 Å². The van der Waals surface area contributed by atoms with Gasteiger partial charge in [-0.25, -0.2) is 0 Å². The molecule has 0 aliphatic carbocycles. The van der Waals surface area contributed by atoms with Crippen LogP contribution in [0, 0.1) is 0 Å². The summed E-state index contributed by atoms with van der Waals surface area (Å²) in [6.45, 7) is 4.85. The Morgan fingerprint density at radius 3 is 1.18 bits per heavy atom. The molecule has 1 amide bonds. The van der Waals surface area contributed by atoms with E-state index in [4.69, 9.17) is 4.74 Å². The zero-order valence-corrected chi connectivity index (χ0v) is 41.6. The first kappa shape index (κ1) is 60.3. The van der Waals surface area contributed by atoms with Crippen LogP contribution in [0.1, 0.15) is 296 Å². The summed E-state index contributed by atoms with van der Waals surface area (Å²) in [5.74, 6) is -0.102. The van der Waals surface area contributed by atoms with Crippen LogP contribution in [-0.4, -0.2) is 47.4 Å². The van der Waals surface area contributed by atoms with E-state index in [1.165, 1.54) is 212 Å². The lowest BCUT2D eigenvalue weighted by atomic mass is 10.0. The largest absolute Gasteiger partial charge is 0.466 e. The highest BCUT2D eigenvalue weighted by molar-refractivity contribution is 5.76. The molecule has 0 radical (unpaired) electrons. The minimum Gasteiger partial charge on any atom is -0.466 e. The number of nitrogens with one attached hydrogen (secondary N) is 1.